The first-order valence-corrected chi connectivity index (χ1v) is 7.29. The number of nitrogens with zero attached hydrogens (tertiary/aromatic N) is 2. The van der Waals surface area contributed by atoms with Gasteiger partial charge in [-0.15, -0.1) is 0 Å². The maximum atomic E-state index is 11.2. The Hall–Kier alpha value is -2.14. The van der Waals surface area contributed by atoms with Crippen LogP contribution in [0.25, 0.3) is 11.5 Å². The number of halogens is 1. The normalized spacial score (nSPS) is 10.8. The third kappa shape index (κ3) is 2.97. The number of hydrogen-bond acceptors (Lipinski definition) is 3. The number of carbonyl (C=O) groups is 1. The van der Waals surface area contributed by atoms with Crippen LogP contribution in [0.3, 0.4) is 0 Å². The fourth-order valence-electron chi connectivity index (χ4n) is 2.12. The van der Waals surface area contributed by atoms with E-state index in [0.717, 1.165) is 11.8 Å². The van der Waals surface area contributed by atoms with Crippen LogP contribution >= 0.6 is 15.9 Å². The Balaban J connectivity index is 1.92. The van der Waals surface area contributed by atoms with E-state index in [2.05, 4.69) is 52.2 Å². The van der Waals surface area contributed by atoms with Crippen LogP contribution < -0.4 is 0 Å². The molecule has 0 unspecified atom stereocenters. The van der Waals surface area contributed by atoms with Gasteiger partial charge in [-0.1, -0.05) is 29.8 Å². The summed E-state index contributed by atoms with van der Waals surface area (Å²) < 4.78 is 7.84. The van der Waals surface area contributed by atoms with E-state index >= 15 is 0 Å². The van der Waals surface area contributed by atoms with Gasteiger partial charge in [0.2, 0.25) is 0 Å². The van der Waals surface area contributed by atoms with Crippen LogP contribution in [0.15, 0.2) is 51.7 Å². The van der Waals surface area contributed by atoms with Crippen molar-refractivity contribution in [3.63, 3.8) is 0 Å². The van der Waals surface area contributed by atoms with Crippen molar-refractivity contribution in [1.82, 2.24) is 9.78 Å². The van der Waals surface area contributed by atoms with Crippen molar-refractivity contribution in [2.75, 3.05) is 0 Å². The van der Waals surface area contributed by atoms with E-state index in [1.54, 1.807) is 23.0 Å². The largest absolute Gasteiger partial charge is 0.448 e. The molecule has 1 aromatic carbocycles. The minimum absolute atomic E-state index is 0.518. The van der Waals surface area contributed by atoms with Crippen molar-refractivity contribution < 1.29 is 9.21 Å². The van der Waals surface area contributed by atoms with Crippen molar-refractivity contribution in [3.05, 3.63) is 64.0 Å². The van der Waals surface area contributed by atoms with E-state index in [0.29, 0.717) is 28.2 Å². The van der Waals surface area contributed by atoms with Gasteiger partial charge in [-0.05, 0) is 40.5 Å². The lowest BCUT2D eigenvalue weighted by Crippen LogP contribution is -2.00. The first-order chi connectivity index (χ1) is 10.2. The Morgan fingerprint density at radius 3 is 2.62 bits per heavy atom. The number of aryl methyl sites for hydroxylation is 1. The zero-order chi connectivity index (χ0) is 14.8. The van der Waals surface area contributed by atoms with Gasteiger partial charge in [0.05, 0.1) is 12.1 Å². The average Bonchev–Trinajstić information content (AvgIpc) is 3.07. The molecule has 21 heavy (non-hydrogen) atoms. The summed E-state index contributed by atoms with van der Waals surface area (Å²) in [5, 5.41) is 4.45. The molecule has 2 aromatic heterocycles. The molecule has 0 amide bonds. The molecule has 2 heterocycles. The predicted octanol–water partition coefficient (Wildman–Crippen LogP) is 4.07. The smallest absolute Gasteiger partial charge is 0.169 e. The molecular formula is C16H13BrN2O2. The van der Waals surface area contributed by atoms with Crippen molar-refractivity contribution in [1.29, 1.82) is 0 Å². The van der Waals surface area contributed by atoms with E-state index in [1.807, 2.05) is 0 Å². The van der Waals surface area contributed by atoms with Gasteiger partial charge in [-0.2, -0.15) is 5.10 Å². The number of hydrogen-bond donors (Lipinski definition) is 0. The van der Waals surface area contributed by atoms with Crippen LogP contribution in [0, 0.1) is 6.92 Å². The first-order valence-electron chi connectivity index (χ1n) is 6.49. The second-order valence-corrected chi connectivity index (χ2v) is 5.62. The van der Waals surface area contributed by atoms with Gasteiger partial charge in [-0.25, -0.2) is 0 Å². The third-order valence-electron chi connectivity index (χ3n) is 3.19. The highest BCUT2D eigenvalue weighted by molar-refractivity contribution is 9.10. The summed E-state index contributed by atoms with van der Waals surface area (Å²) >= 11 is 3.25. The molecule has 3 aromatic rings. The fraction of sp³-hybridized carbons (Fsp3) is 0.125. The average molecular weight is 345 g/mol. The monoisotopic (exact) mass is 344 g/mol. The minimum atomic E-state index is 0.518. The van der Waals surface area contributed by atoms with Crippen molar-refractivity contribution in [3.8, 4) is 11.5 Å². The molecule has 0 radical (unpaired) electrons. The Kier molecular flexibility index (Phi) is 3.75. The van der Waals surface area contributed by atoms with Crippen LogP contribution in [-0.4, -0.2) is 16.1 Å². The van der Waals surface area contributed by atoms with E-state index in [4.69, 9.17) is 4.42 Å². The zero-order valence-corrected chi connectivity index (χ0v) is 13.0. The number of rotatable bonds is 4. The molecule has 0 aliphatic heterocycles. The number of benzene rings is 1. The molecule has 0 saturated heterocycles. The third-order valence-corrected chi connectivity index (χ3v) is 3.61. The topological polar surface area (TPSA) is 48.0 Å². The van der Waals surface area contributed by atoms with Crippen molar-refractivity contribution in [2.45, 2.75) is 13.5 Å². The van der Waals surface area contributed by atoms with E-state index < -0.39 is 0 Å². The Labute approximate surface area is 130 Å². The maximum Gasteiger partial charge on any atom is 0.169 e. The van der Waals surface area contributed by atoms with Crippen LogP contribution in [0.5, 0.6) is 0 Å². The summed E-state index contributed by atoms with van der Waals surface area (Å²) in [6, 6.07) is 11.8. The minimum Gasteiger partial charge on any atom is -0.448 e. The SMILES string of the molecule is Cc1ccc(Cn2cc(C=O)c(-c3ccc(Br)o3)n2)cc1. The molecule has 3 rings (SSSR count). The molecule has 0 spiro atoms. The molecule has 0 saturated carbocycles. The summed E-state index contributed by atoms with van der Waals surface area (Å²) in [6.45, 7) is 2.66. The molecule has 0 N–H and O–H groups in total. The van der Waals surface area contributed by atoms with Crippen LogP contribution in [0.4, 0.5) is 0 Å². The summed E-state index contributed by atoms with van der Waals surface area (Å²) in [4.78, 5) is 11.2. The Morgan fingerprint density at radius 1 is 1.24 bits per heavy atom. The van der Waals surface area contributed by atoms with Crippen molar-refractivity contribution >= 4 is 22.2 Å². The first kappa shape index (κ1) is 13.8. The fourth-order valence-corrected chi connectivity index (χ4v) is 2.42. The summed E-state index contributed by atoms with van der Waals surface area (Å²) in [6.07, 6.45) is 2.53. The summed E-state index contributed by atoms with van der Waals surface area (Å²) in [5.41, 5.74) is 3.42. The summed E-state index contributed by atoms with van der Waals surface area (Å²) in [5.74, 6) is 0.576. The van der Waals surface area contributed by atoms with E-state index in [9.17, 15) is 4.79 Å². The van der Waals surface area contributed by atoms with Gasteiger partial charge in [0, 0.05) is 6.20 Å². The standard InChI is InChI=1S/C16H13BrN2O2/c1-11-2-4-12(5-3-11)8-19-9-13(10-20)16(18-19)14-6-7-15(17)21-14/h2-7,9-10H,8H2,1H3. The zero-order valence-electron chi connectivity index (χ0n) is 11.4. The van der Waals surface area contributed by atoms with Gasteiger partial charge < -0.3 is 4.42 Å². The number of carbonyl (C=O) groups excluding carboxylic acids is 1. The molecule has 0 aliphatic rings. The lowest BCUT2D eigenvalue weighted by Gasteiger charge is -2.02. The van der Waals surface area contributed by atoms with E-state index in [-0.39, 0.29) is 0 Å². The van der Waals surface area contributed by atoms with Gasteiger partial charge in [0.25, 0.3) is 0 Å². The van der Waals surface area contributed by atoms with Crippen LogP contribution in [0.1, 0.15) is 21.5 Å². The van der Waals surface area contributed by atoms with Gasteiger partial charge in [0.1, 0.15) is 5.69 Å². The quantitative estimate of drug-likeness (QED) is 0.670. The number of aromatic nitrogens is 2. The predicted molar refractivity (Wildman–Crippen MR) is 83.3 cm³/mol. The summed E-state index contributed by atoms with van der Waals surface area (Å²) in [7, 11) is 0. The molecule has 5 heteroatoms. The lowest BCUT2D eigenvalue weighted by atomic mass is 10.1. The maximum absolute atomic E-state index is 11.2. The highest BCUT2D eigenvalue weighted by Crippen LogP contribution is 2.26. The van der Waals surface area contributed by atoms with Gasteiger partial charge in [-0.3, -0.25) is 9.48 Å². The van der Waals surface area contributed by atoms with Crippen molar-refractivity contribution in [2.24, 2.45) is 0 Å². The Morgan fingerprint density at radius 2 is 2.00 bits per heavy atom. The van der Waals surface area contributed by atoms with E-state index in [1.165, 1.54) is 5.56 Å². The highest BCUT2D eigenvalue weighted by atomic mass is 79.9. The molecule has 0 bridgehead atoms. The second-order valence-electron chi connectivity index (χ2n) is 4.84. The lowest BCUT2D eigenvalue weighted by molar-refractivity contribution is 0.112. The molecular weight excluding hydrogens is 332 g/mol. The highest BCUT2D eigenvalue weighted by Gasteiger charge is 2.14. The molecule has 4 nitrogen and oxygen atoms in total. The molecule has 106 valence electrons. The second kappa shape index (κ2) is 5.69. The van der Waals surface area contributed by atoms with Gasteiger partial charge in [0.15, 0.2) is 16.7 Å². The van der Waals surface area contributed by atoms with Gasteiger partial charge >= 0.3 is 0 Å². The number of aldehydes is 1. The molecule has 0 atom stereocenters. The molecule has 0 aliphatic carbocycles. The number of furan rings is 1. The van der Waals surface area contributed by atoms with Crippen LogP contribution in [-0.2, 0) is 6.54 Å². The van der Waals surface area contributed by atoms with Crippen LogP contribution in [0.2, 0.25) is 0 Å². The molecule has 0 fully saturated rings. The Bertz CT molecular complexity index is 772.